The van der Waals surface area contributed by atoms with Crippen molar-refractivity contribution >= 4 is 38.4 Å². The van der Waals surface area contributed by atoms with Crippen LogP contribution in [-0.4, -0.2) is 47.1 Å². The number of Topliss-reactive ketones (excluding diaryl/α,β-unsaturated/α-hetero) is 1. The van der Waals surface area contributed by atoms with E-state index in [1.165, 1.54) is 6.07 Å². The molecule has 0 saturated heterocycles. The van der Waals surface area contributed by atoms with Gasteiger partial charge in [0.25, 0.3) is 6.43 Å². The Morgan fingerprint density at radius 2 is 2.00 bits per heavy atom. The second-order valence-electron chi connectivity index (χ2n) is 8.99. The molecular formula is C24H23F2N5O3S. The second-order valence-corrected chi connectivity index (χ2v) is 11.0. The molecular weight excluding hydrogens is 476 g/mol. The molecule has 1 aromatic carbocycles. The number of hydrogen-bond acceptors (Lipinski definition) is 7. The number of rotatable bonds is 8. The third-order valence-electron chi connectivity index (χ3n) is 6.01. The number of anilines is 2. The van der Waals surface area contributed by atoms with E-state index >= 15 is 0 Å². The Balaban J connectivity index is 1.56. The van der Waals surface area contributed by atoms with Gasteiger partial charge in [-0.3, -0.25) is 9.78 Å². The number of nitrogens with zero attached hydrogens (tertiary/aromatic N) is 4. The second kappa shape index (κ2) is 8.63. The number of hydrogen-bond donors (Lipinski definition) is 1. The zero-order valence-electron chi connectivity index (χ0n) is 19.1. The van der Waals surface area contributed by atoms with Crippen molar-refractivity contribution in [1.82, 2.24) is 14.5 Å². The van der Waals surface area contributed by atoms with E-state index in [0.717, 1.165) is 19.1 Å². The molecule has 11 heteroatoms. The molecule has 35 heavy (non-hydrogen) atoms. The summed E-state index contributed by atoms with van der Waals surface area (Å²) in [4.78, 5) is 25.2. The summed E-state index contributed by atoms with van der Waals surface area (Å²) < 4.78 is 53.9. The first-order valence-corrected chi connectivity index (χ1v) is 13.0. The molecule has 0 unspecified atom stereocenters. The Labute approximate surface area is 201 Å². The number of halogens is 2. The van der Waals surface area contributed by atoms with Gasteiger partial charge in [-0.1, -0.05) is 6.07 Å². The molecule has 5 rings (SSSR count). The van der Waals surface area contributed by atoms with Crippen LogP contribution in [0.1, 0.15) is 24.2 Å². The minimum absolute atomic E-state index is 0.0258. The zero-order chi connectivity index (χ0) is 24.9. The van der Waals surface area contributed by atoms with Crippen LogP contribution in [0.15, 0.2) is 46.7 Å². The van der Waals surface area contributed by atoms with Crippen LogP contribution in [0.3, 0.4) is 0 Å². The first-order chi connectivity index (χ1) is 16.6. The third kappa shape index (κ3) is 4.86. The van der Waals surface area contributed by atoms with Gasteiger partial charge < -0.3 is 9.88 Å². The Kier molecular flexibility index (Phi) is 5.74. The summed E-state index contributed by atoms with van der Waals surface area (Å²) in [5.41, 5.74) is 2.53. The molecule has 0 bridgehead atoms. The van der Waals surface area contributed by atoms with E-state index in [1.54, 1.807) is 35.3 Å². The molecule has 2 aliphatic rings. The van der Waals surface area contributed by atoms with E-state index in [4.69, 9.17) is 0 Å². The molecule has 0 amide bonds. The number of benzene rings is 1. The highest BCUT2D eigenvalue weighted by Gasteiger charge is 2.31. The highest BCUT2D eigenvalue weighted by Crippen LogP contribution is 2.39. The maximum Gasteiger partial charge on any atom is 0.277 e. The third-order valence-corrected chi connectivity index (χ3v) is 7.15. The molecule has 1 aliphatic carbocycles. The SMILES string of the molecule is Cn1cnc(-c2ccc(Nc3cc(CC(=O)C4CC4)nc4c3N=C(C(F)F)C4)c(S(C)(=O)=O)c2)c1. The maximum atomic E-state index is 13.4. The predicted octanol–water partition coefficient (Wildman–Crippen LogP) is 4.04. The van der Waals surface area contributed by atoms with E-state index < -0.39 is 16.3 Å². The number of fused-ring (bicyclic) bond motifs is 1. The number of aryl methyl sites for hydroxylation is 1. The Hall–Kier alpha value is -3.47. The monoisotopic (exact) mass is 499 g/mol. The lowest BCUT2D eigenvalue weighted by molar-refractivity contribution is -0.119. The van der Waals surface area contributed by atoms with Crippen LogP contribution in [0.5, 0.6) is 0 Å². The number of carbonyl (C=O) groups excluding carboxylic acids is 1. The Bertz CT molecular complexity index is 1480. The van der Waals surface area contributed by atoms with Gasteiger partial charge in [-0.25, -0.2) is 27.2 Å². The van der Waals surface area contributed by atoms with Gasteiger partial charge in [0.05, 0.1) is 45.4 Å². The number of alkyl halides is 2. The van der Waals surface area contributed by atoms with Gasteiger partial charge in [-0.15, -0.1) is 0 Å². The maximum absolute atomic E-state index is 13.4. The van der Waals surface area contributed by atoms with Gasteiger partial charge >= 0.3 is 0 Å². The Morgan fingerprint density at radius 1 is 1.23 bits per heavy atom. The van der Waals surface area contributed by atoms with Crippen LogP contribution in [0.4, 0.5) is 25.8 Å². The van der Waals surface area contributed by atoms with Crippen LogP contribution in [0.2, 0.25) is 0 Å². The van der Waals surface area contributed by atoms with Gasteiger partial charge in [0, 0.05) is 43.8 Å². The van der Waals surface area contributed by atoms with Crippen LogP contribution >= 0.6 is 0 Å². The van der Waals surface area contributed by atoms with Crippen molar-refractivity contribution in [3.05, 3.63) is 48.2 Å². The molecule has 1 saturated carbocycles. The summed E-state index contributed by atoms with van der Waals surface area (Å²) in [5, 5.41) is 3.07. The fraction of sp³-hybridized carbons (Fsp3) is 0.333. The highest BCUT2D eigenvalue weighted by molar-refractivity contribution is 7.90. The number of nitrogens with one attached hydrogen (secondary N) is 1. The van der Waals surface area contributed by atoms with Gasteiger partial charge in [-0.05, 0) is 31.0 Å². The van der Waals surface area contributed by atoms with E-state index in [2.05, 4.69) is 20.3 Å². The number of pyridine rings is 1. The van der Waals surface area contributed by atoms with Crippen LogP contribution in [0.25, 0.3) is 11.3 Å². The summed E-state index contributed by atoms with van der Waals surface area (Å²) in [6, 6.07) is 6.45. The molecule has 1 aliphatic heterocycles. The smallest absolute Gasteiger partial charge is 0.277 e. The minimum atomic E-state index is -3.67. The average Bonchev–Trinajstić information content (AvgIpc) is 3.41. The first kappa shape index (κ1) is 23.3. The Morgan fingerprint density at radius 3 is 2.63 bits per heavy atom. The van der Waals surface area contributed by atoms with Crippen molar-refractivity contribution < 1.29 is 22.0 Å². The van der Waals surface area contributed by atoms with Gasteiger partial charge in [0.15, 0.2) is 9.84 Å². The summed E-state index contributed by atoms with van der Waals surface area (Å²) >= 11 is 0. The lowest BCUT2D eigenvalue weighted by Gasteiger charge is -2.15. The van der Waals surface area contributed by atoms with Crippen molar-refractivity contribution in [2.24, 2.45) is 18.0 Å². The van der Waals surface area contributed by atoms with Gasteiger partial charge in [0.2, 0.25) is 0 Å². The molecule has 1 N–H and O–H groups in total. The normalized spacial score (nSPS) is 15.3. The van der Waals surface area contributed by atoms with Crippen LogP contribution in [0, 0.1) is 5.92 Å². The van der Waals surface area contributed by atoms with E-state index in [9.17, 15) is 22.0 Å². The van der Waals surface area contributed by atoms with Crippen molar-refractivity contribution in [2.75, 3.05) is 11.6 Å². The van der Waals surface area contributed by atoms with Gasteiger partial charge in [0.1, 0.15) is 11.5 Å². The fourth-order valence-electron chi connectivity index (χ4n) is 4.09. The lowest BCUT2D eigenvalue weighted by Crippen LogP contribution is -2.11. The lowest BCUT2D eigenvalue weighted by atomic mass is 10.1. The zero-order valence-corrected chi connectivity index (χ0v) is 19.9. The summed E-state index contributed by atoms with van der Waals surface area (Å²) in [6.07, 6.45) is 3.43. The molecule has 3 aromatic rings. The van der Waals surface area contributed by atoms with Crippen LogP contribution in [-0.2, 0) is 34.5 Å². The van der Waals surface area contributed by atoms with E-state index in [0.29, 0.717) is 28.3 Å². The average molecular weight is 500 g/mol. The number of imidazole rings is 1. The first-order valence-electron chi connectivity index (χ1n) is 11.1. The predicted molar refractivity (Wildman–Crippen MR) is 128 cm³/mol. The van der Waals surface area contributed by atoms with Gasteiger partial charge in [-0.2, -0.15) is 0 Å². The molecule has 182 valence electrons. The van der Waals surface area contributed by atoms with Crippen LogP contribution < -0.4 is 5.32 Å². The molecule has 0 radical (unpaired) electrons. The molecule has 3 heterocycles. The fourth-order valence-corrected chi connectivity index (χ4v) is 4.95. The van der Waals surface area contributed by atoms with Crippen molar-refractivity contribution in [3.8, 4) is 11.3 Å². The quantitative estimate of drug-likeness (QED) is 0.501. The number of aromatic nitrogens is 3. The largest absolute Gasteiger partial charge is 0.353 e. The van der Waals surface area contributed by atoms with E-state index in [-0.39, 0.29) is 46.5 Å². The molecule has 2 aromatic heterocycles. The van der Waals surface area contributed by atoms with Crippen molar-refractivity contribution in [2.45, 2.75) is 37.0 Å². The number of carbonyl (C=O) groups is 1. The number of ketones is 1. The van der Waals surface area contributed by atoms with Crippen molar-refractivity contribution in [3.63, 3.8) is 0 Å². The number of aliphatic imine (C=N–C) groups is 1. The molecule has 8 nitrogen and oxygen atoms in total. The molecule has 0 atom stereocenters. The van der Waals surface area contributed by atoms with E-state index in [1.807, 2.05) is 7.05 Å². The minimum Gasteiger partial charge on any atom is -0.353 e. The molecule has 1 fully saturated rings. The summed E-state index contributed by atoms with van der Waals surface area (Å²) in [7, 11) is -1.86. The van der Waals surface area contributed by atoms with Crippen molar-refractivity contribution in [1.29, 1.82) is 0 Å². The standard InChI is InChI=1S/C24H23F2N5O3S/c1-31-11-20(27-12-31)14-5-6-16(22(7-14)35(2,33)34)29-17-8-15(9-21(32)13-3-4-13)28-18-10-19(24(25)26)30-23(17)18/h5-8,11-13,24H,3-4,9-10H2,1-2H3,(H,28,29). The molecule has 0 spiro atoms. The highest BCUT2D eigenvalue weighted by atomic mass is 32.2. The topological polar surface area (TPSA) is 106 Å². The summed E-state index contributed by atoms with van der Waals surface area (Å²) in [6.45, 7) is 0. The summed E-state index contributed by atoms with van der Waals surface area (Å²) in [5.74, 6) is 0.0956. The number of sulfone groups is 1.